The number of amides is 2. The number of pyridine rings is 1. The van der Waals surface area contributed by atoms with E-state index in [4.69, 9.17) is 11.5 Å². The maximum absolute atomic E-state index is 13.6. The van der Waals surface area contributed by atoms with Crippen LogP contribution in [0.15, 0.2) is 47.3 Å². The molecule has 1 fully saturated rings. The van der Waals surface area contributed by atoms with Crippen LogP contribution in [-0.2, 0) is 22.3 Å². The van der Waals surface area contributed by atoms with Gasteiger partial charge in [0.15, 0.2) is 0 Å². The highest BCUT2D eigenvalue weighted by molar-refractivity contribution is 9.10. The number of hydrogen-bond acceptors (Lipinski definition) is 7. The molecule has 0 saturated carbocycles. The Kier molecular flexibility index (Phi) is 6.69. The van der Waals surface area contributed by atoms with E-state index in [1.165, 1.54) is 21.9 Å². The molecule has 0 spiro atoms. The van der Waals surface area contributed by atoms with E-state index >= 15 is 0 Å². The molecule has 2 amide bonds. The van der Waals surface area contributed by atoms with E-state index < -0.39 is 29.6 Å². The SMILES string of the molecule is NCC1CC(C(=O)Nc2cccc(Br)n2)N(C(=O)Cn2c3ccc(C(F)(F)F)cc3c3c(N)ncnc32)C1. The Balaban J connectivity index is 1.49. The summed E-state index contributed by atoms with van der Waals surface area (Å²) in [5.41, 5.74) is 11.6. The van der Waals surface area contributed by atoms with Gasteiger partial charge in [-0.15, -0.1) is 0 Å². The second-order valence-corrected chi connectivity index (χ2v) is 9.82. The Labute approximate surface area is 222 Å². The first-order valence-corrected chi connectivity index (χ1v) is 12.4. The molecular formula is C24H22BrF3N8O2. The second kappa shape index (κ2) is 9.83. The number of anilines is 2. The van der Waals surface area contributed by atoms with Crippen LogP contribution in [0.3, 0.4) is 0 Å². The fourth-order valence-corrected chi connectivity index (χ4v) is 5.15. The molecule has 38 heavy (non-hydrogen) atoms. The average Bonchev–Trinajstić information content (AvgIpc) is 3.44. The molecular weight excluding hydrogens is 569 g/mol. The Morgan fingerprint density at radius 3 is 2.68 bits per heavy atom. The molecule has 2 unspecified atom stereocenters. The van der Waals surface area contributed by atoms with Gasteiger partial charge >= 0.3 is 6.18 Å². The Bertz CT molecular complexity index is 1560. The normalized spacial score (nSPS) is 17.9. The van der Waals surface area contributed by atoms with E-state index in [1.54, 1.807) is 18.2 Å². The minimum absolute atomic E-state index is 0.00586. The van der Waals surface area contributed by atoms with Crippen molar-refractivity contribution in [1.82, 2.24) is 24.4 Å². The first-order valence-electron chi connectivity index (χ1n) is 11.6. The number of aromatic nitrogens is 4. The van der Waals surface area contributed by atoms with Gasteiger partial charge in [-0.25, -0.2) is 15.0 Å². The van der Waals surface area contributed by atoms with Crippen molar-refractivity contribution < 1.29 is 22.8 Å². The molecule has 2 atom stereocenters. The number of carbonyl (C=O) groups excluding carboxylic acids is 2. The fourth-order valence-electron chi connectivity index (χ4n) is 4.81. The van der Waals surface area contributed by atoms with Gasteiger partial charge in [-0.3, -0.25) is 9.59 Å². The molecule has 5 rings (SSSR count). The smallest absolute Gasteiger partial charge is 0.383 e. The summed E-state index contributed by atoms with van der Waals surface area (Å²) in [5, 5.41) is 3.13. The van der Waals surface area contributed by atoms with Crippen molar-refractivity contribution in [3.63, 3.8) is 0 Å². The molecule has 10 nitrogen and oxygen atoms in total. The molecule has 1 aliphatic rings. The lowest BCUT2D eigenvalue weighted by atomic mass is 10.1. The van der Waals surface area contributed by atoms with Crippen molar-refractivity contribution in [2.45, 2.75) is 25.2 Å². The van der Waals surface area contributed by atoms with Crippen LogP contribution in [0.2, 0.25) is 0 Å². The minimum atomic E-state index is -4.57. The zero-order valence-corrected chi connectivity index (χ0v) is 21.3. The monoisotopic (exact) mass is 590 g/mol. The van der Waals surface area contributed by atoms with E-state index in [1.807, 2.05) is 0 Å². The first-order chi connectivity index (χ1) is 18.1. The molecule has 3 aromatic heterocycles. The van der Waals surface area contributed by atoms with Gasteiger partial charge in [-0.1, -0.05) is 6.07 Å². The topological polar surface area (TPSA) is 145 Å². The lowest BCUT2D eigenvalue weighted by molar-refractivity contribution is -0.137. The highest BCUT2D eigenvalue weighted by Gasteiger charge is 2.39. The van der Waals surface area contributed by atoms with E-state index in [0.717, 1.165) is 12.1 Å². The van der Waals surface area contributed by atoms with Gasteiger partial charge in [0.1, 0.15) is 40.8 Å². The number of nitrogens with one attached hydrogen (secondary N) is 1. The number of nitrogens with zero attached hydrogens (tertiary/aromatic N) is 5. The molecule has 1 saturated heterocycles. The van der Waals surface area contributed by atoms with Crippen LogP contribution in [0.25, 0.3) is 21.9 Å². The molecule has 1 aliphatic heterocycles. The van der Waals surface area contributed by atoms with Crippen molar-refractivity contribution in [1.29, 1.82) is 0 Å². The number of benzene rings is 1. The van der Waals surface area contributed by atoms with E-state index in [2.05, 4.69) is 36.2 Å². The van der Waals surface area contributed by atoms with Gasteiger partial charge in [0, 0.05) is 11.9 Å². The fraction of sp³-hybridized carbons (Fsp3) is 0.292. The highest BCUT2D eigenvalue weighted by atomic mass is 79.9. The third-order valence-corrected chi connectivity index (χ3v) is 7.04. The van der Waals surface area contributed by atoms with Crippen LogP contribution < -0.4 is 16.8 Å². The first kappa shape index (κ1) is 25.9. The van der Waals surface area contributed by atoms with Crippen LogP contribution in [0, 0.1) is 5.92 Å². The van der Waals surface area contributed by atoms with Crippen molar-refractivity contribution in [2.75, 3.05) is 24.1 Å². The lowest BCUT2D eigenvalue weighted by Gasteiger charge is -2.24. The summed E-state index contributed by atoms with van der Waals surface area (Å²) >= 11 is 3.26. The minimum Gasteiger partial charge on any atom is -0.383 e. The van der Waals surface area contributed by atoms with Crippen LogP contribution in [-0.4, -0.2) is 55.4 Å². The summed E-state index contributed by atoms with van der Waals surface area (Å²) in [4.78, 5) is 40.5. The third-order valence-electron chi connectivity index (χ3n) is 6.60. The Morgan fingerprint density at radius 1 is 1.18 bits per heavy atom. The van der Waals surface area contributed by atoms with Crippen LogP contribution in [0.4, 0.5) is 24.8 Å². The summed E-state index contributed by atoms with van der Waals surface area (Å²) in [7, 11) is 0. The largest absolute Gasteiger partial charge is 0.416 e. The third kappa shape index (κ3) is 4.76. The van der Waals surface area contributed by atoms with E-state index in [-0.39, 0.29) is 47.8 Å². The second-order valence-electron chi connectivity index (χ2n) is 9.01. The zero-order chi connectivity index (χ0) is 27.2. The van der Waals surface area contributed by atoms with Crippen LogP contribution >= 0.6 is 15.9 Å². The zero-order valence-electron chi connectivity index (χ0n) is 19.7. The van der Waals surface area contributed by atoms with Gasteiger partial charge in [-0.05, 0) is 65.1 Å². The summed E-state index contributed by atoms with van der Waals surface area (Å²) in [5.74, 6) is -0.616. The summed E-state index contributed by atoms with van der Waals surface area (Å²) in [6.45, 7) is 0.256. The van der Waals surface area contributed by atoms with Gasteiger partial charge in [0.05, 0.1) is 16.5 Å². The quantitative estimate of drug-likeness (QED) is 0.303. The number of nitrogens with two attached hydrogens (primary N) is 2. The number of alkyl halides is 3. The molecule has 5 N–H and O–H groups in total. The molecule has 0 radical (unpaired) electrons. The number of nitrogen functional groups attached to an aromatic ring is 1. The van der Waals surface area contributed by atoms with Crippen LogP contribution in [0.5, 0.6) is 0 Å². The average molecular weight is 591 g/mol. The lowest BCUT2D eigenvalue weighted by Crippen LogP contribution is -2.44. The van der Waals surface area contributed by atoms with Crippen molar-refractivity contribution in [3.05, 3.63) is 52.9 Å². The predicted molar refractivity (Wildman–Crippen MR) is 138 cm³/mol. The number of halogens is 4. The maximum atomic E-state index is 13.6. The summed E-state index contributed by atoms with van der Waals surface area (Å²) in [6, 6.07) is 7.44. The number of rotatable bonds is 5. The van der Waals surface area contributed by atoms with Gasteiger partial charge in [0.25, 0.3) is 0 Å². The molecule has 1 aromatic carbocycles. The number of fused-ring (bicyclic) bond motifs is 3. The van der Waals surface area contributed by atoms with Gasteiger partial charge in [-0.2, -0.15) is 13.2 Å². The van der Waals surface area contributed by atoms with Crippen molar-refractivity contribution in [3.8, 4) is 0 Å². The molecule has 4 aromatic rings. The number of likely N-dealkylation sites (tertiary alicyclic amines) is 1. The van der Waals surface area contributed by atoms with E-state index in [0.29, 0.717) is 22.4 Å². The highest BCUT2D eigenvalue weighted by Crippen LogP contribution is 2.37. The number of carbonyl (C=O) groups is 2. The molecule has 0 bridgehead atoms. The predicted octanol–water partition coefficient (Wildman–Crippen LogP) is 3.16. The van der Waals surface area contributed by atoms with Crippen LogP contribution in [0.1, 0.15) is 12.0 Å². The maximum Gasteiger partial charge on any atom is 0.416 e. The van der Waals surface area contributed by atoms with E-state index in [9.17, 15) is 22.8 Å². The van der Waals surface area contributed by atoms with Crippen molar-refractivity contribution >= 4 is 61.3 Å². The summed E-state index contributed by atoms with van der Waals surface area (Å²) in [6.07, 6.45) is -3.03. The van der Waals surface area contributed by atoms with Gasteiger partial charge < -0.3 is 26.3 Å². The Hall–Kier alpha value is -3.78. The van der Waals surface area contributed by atoms with Gasteiger partial charge in [0.2, 0.25) is 11.8 Å². The molecule has 14 heteroatoms. The molecule has 198 valence electrons. The molecule has 0 aliphatic carbocycles. The summed E-state index contributed by atoms with van der Waals surface area (Å²) < 4.78 is 42.3. The number of hydrogen-bond donors (Lipinski definition) is 3. The molecule has 4 heterocycles. The Morgan fingerprint density at radius 2 is 1.97 bits per heavy atom. The standard InChI is InChI=1S/C24H22BrF3N8O2/c25-17-2-1-3-18(33-17)34-23(38)16-6-12(8-29)9-35(16)19(37)10-36-15-5-4-13(24(26,27)28)7-14(15)20-21(30)31-11-32-22(20)36/h1-5,7,11-12,16H,6,8-10,29H2,(H2,30,31,32)(H,33,34,38). The van der Waals surface area contributed by atoms with Crippen molar-refractivity contribution in [2.24, 2.45) is 11.7 Å².